The van der Waals surface area contributed by atoms with Crippen LogP contribution in [0.4, 0.5) is 0 Å². The van der Waals surface area contributed by atoms with Gasteiger partial charge in [-0.15, -0.1) is 6.58 Å². The molecule has 0 aromatic rings. The quantitative estimate of drug-likeness (QED) is 0.678. The van der Waals surface area contributed by atoms with E-state index in [-0.39, 0.29) is 24.4 Å². The molecule has 4 heteroatoms. The molecule has 0 heterocycles. The van der Waals surface area contributed by atoms with Gasteiger partial charge in [0.15, 0.2) is 0 Å². The van der Waals surface area contributed by atoms with Crippen LogP contribution >= 0.6 is 0 Å². The van der Waals surface area contributed by atoms with Crippen molar-refractivity contribution >= 4 is 11.8 Å². The van der Waals surface area contributed by atoms with Gasteiger partial charge < -0.3 is 10.6 Å². The Kier molecular flexibility index (Phi) is 5.05. The maximum Gasteiger partial charge on any atom is 0.239 e. The zero-order valence-electron chi connectivity index (χ0n) is 9.89. The Morgan fingerprint density at radius 3 is 2.33 bits per heavy atom. The first-order chi connectivity index (χ1) is 6.77. The van der Waals surface area contributed by atoms with Crippen LogP contribution < -0.4 is 10.6 Å². The molecule has 0 radical (unpaired) electrons. The zero-order chi connectivity index (χ0) is 12.1. The molecule has 4 nitrogen and oxygen atoms in total. The van der Waals surface area contributed by atoms with Gasteiger partial charge in [-0.3, -0.25) is 9.59 Å². The maximum absolute atomic E-state index is 11.4. The summed E-state index contributed by atoms with van der Waals surface area (Å²) in [6.07, 6.45) is 1.63. The van der Waals surface area contributed by atoms with Crippen LogP contribution in [0.25, 0.3) is 0 Å². The Hall–Kier alpha value is -1.32. The molecule has 0 aliphatic rings. The largest absolute Gasteiger partial charge is 0.349 e. The smallest absolute Gasteiger partial charge is 0.239 e. The highest BCUT2D eigenvalue weighted by Crippen LogP contribution is 2.11. The highest BCUT2D eigenvalue weighted by Gasteiger charge is 2.21. The lowest BCUT2D eigenvalue weighted by Gasteiger charge is -2.17. The van der Waals surface area contributed by atoms with Crippen molar-refractivity contribution in [1.29, 1.82) is 0 Å². The summed E-state index contributed by atoms with van der Waals surface area (Å²) in [7, 11) is 0. The van der Waals surface area contributed by atoms with Crippen LogP contribution in [0.5, 0.6) is 0 Å². The molecule has 1 atom stereocenters. The maximum atomic E-state index is 11.4. The lowest BCUT2D eigenvalue weighted by atomic mass is 9.96. The van der Waals surface area contributed by atoms with Gasteiger partial charge in [0.05, 0.1) is 6.54 Å². The average molecular weight is 212 g/mol. The third kappa shape index (κ3) is 5.88. The molecule has 0 saturated carbocycles. The second-order valence-corrected chi connectivity index (χ2v) is 4.52. The van der Waals surface area contributed by atoms with Gasteiger partial charge in [0.2, 0.25) is 11.8 Å². The fourth-order valence-electron chi connectivity index (χ4n) is 0.790. The highest BCUT2D eigenvalue weighted by atomic mass is 16.2. The fourth-order valence-corrected chi connectivity index (χ4v) is 0.790. The van der Waals surface area contributed by atoms with Crippen molar-refractivity contribution in [1.82, 2.24) is 10.6 Å². The zero-order valence-corrected chi connectivity index (χ0v) is 9.89. The molecule has 0 spiro atoms. The number of hydrogen-bond donors (Lipinski definition) is 2. The number of carbonyl (C=O) groups excluding carboxylic acids is 2. The van der Waals surface area contributed by atoms with Crippen molar-refractivity contribution < 1.29 is 9.59 Å². The van der Waals surface area contributed by atoms with E-state index in [9.17, 15) is 9.59 Å². The van der Waals surface area contributed by atoms with Crippen LogP contribution in [0, 0.1) is 5.41 Å². The van der Waals surface area contributed by atoms with E-state index in [4.69, 9.17) is 0 Å². The van der Waals surface area contributed by atoms with Gasteiger partial charge in [0, 0.05) is 11.5 Å². The van der Waals surface area contributed by atoms with Crippen LogP contribution in [0.15, 0.2) is 12.7 Å². The van der Waals surface area contributed by atoms with Crippen molar-refractivity contribution in [3.05, 3.63) is 12.7 Å². The van der Waals surface area contributed by atoms with E-state index in [0.29, 0.717) is 0 Å². The van der Waals surface area contributed by atoms with Crippen LogP contribution in [0.2, 0.25) is 0 Å². The van der Waals surface area contributed by atoms with Crippen LogP contribution in [0.1, 0.15) is 27.7 Å². The summed E-state index contributed by atoms with van der Waals surface area (Å²) < 4.78 is 0. The van der Waals surface area contributed by atoms with E-state index in [2.05, 4.69) is 17.2 Å². The second-order valence-electron chi connectivity index (χ2n) is 4.52. The van der Waals surface area contributed by atoms with Crippen LogP contribution in [-0.2, 0) is 9.59 Å². The number of carbonyl (C=O) groups is 2. The number of hydrogen-bond acceptors (Lipinski definition) is 2. The Labute approximate surface area is 91.1 Å². The molecule has 2 amide bonds. The van der Waals surface area contributed by atoms with E-state index in [1.807, 2.05) is 6.92 Å². The third-order valence-electron chi connectivity index (χ3n) is 1.83. The molecule has 0 aliphatic heterocycles. The first-order valence-electron chi connectivity index (χ1n) is 4.97. The van der Waals surface area contributed by atoms with Crippen LogP contribution in [-0.4, -0.2) is 24.4 Å². The molecule has 0 saturated heterocycles. The molecule has 2 N–H and O–H groups in total. The first kappa shape index (κ1) is 13.7. The molecular weight excluding hydrogens is 192 g/mol. The molecule has 0 bridgehead atoms. The minimum absolute atomic E-state index is 0.00822. The van der Waals surface area contributed by atoms with Crippen molar-refractivity contribution in [2.24, 2.45) is 5.41 Å². The lowest BCUT2D eigenvalue weighted by molar-refractivity contribution is -0.131. The topological polar surface area (TPSA) is 58.2 Å². The molecule has 1 unspecified atom stereocenters. The normalized spacial score (nSPS) is 12.8. The summed E-state index contributed by atoms with van der Waals surface area (Å²) in [5.74, 6) is -0.344. The molecule has 0 aliphatic carbocycles. The summed E-state index contributed by atoms with van der Waals surface area (Å²) in [5.41, 5.74) is -0.468. The summed E-state index contributed by atoms with van der Waals surface area (Å²) in [4.78, 5) is 22.7. The average Bonchev–Trinajstić information content (AvgIpc) is 2.12. The van der Waals surface area contributed by atoms with Gasteiger partial charge in [-0.05, 0) is 6.92 Å². The molecule has 0 aromatic carbocycles. The Bertz CT molecular complexity index is 254. The predicted molar refractivity (Wildman–Crippen MR) is 60.3 cm³/mol. The van der Waals surface area contributed by atoms with Gasteiger partial charge >= 0.3 is 0 Å². The predicted octanol–water partition coefficient (Wildman–Crippen LogP) is 0.839. The molecule has 0 fully saturated rings. The lowest BCUT2D eigenvalue weighted by Crippen LogP contribution is -2.43. The van der Waals surface area contributed by atoms with E-state index < -0.39 is 5.41 Å². The Morgan fingerprint density at radius 1 is 1.40 bits per heavy atom. The summed E-state index contributed by atoms with van der Waals surface area (Å²) in [6, 6.07) is -0.0796. The summed E-state index contributed by atoms with van der Waals surface area (Å²) in [5, 5.41) is 5.23. The van der Waals surface area contributed by atoms with E-state index >= 15 is 0 Å². The number of rotatable bonds is 4. The Balaban J connectivity index is 3.92. The van der Waals surface area contributed by atoms with Gasteiger partial charge in [-0.2, -0.15) is 0 Å². The monoisotopic (exact) mass is 212 g/mol. The number of amides is 2. The standard InChI is InChI=1S/C11H20N2O2/c1-6-8(2)13-9(14)7-12-10(15)11(3,4)5/h6,8H,1,7H2,2-5H3,(H,12,15)(H,13,14). The molecule has 15 heavy (non-hydrogen) atoms. The second kappa shape index (κ2) is 5.53. The molecule has 86 valence electrons. The van der Waals surface area contributed by atoms with Crippen LogP contribution in [0.3, 0.4) is 0 Å². The third-order valence-corrected chi connectivity index (χ3v) is 1.83. The van der Waals surface area contributed by atoms with Gasteiger partial charge in [0.25, 0.3) is 0 Å². The SMILES string of the molecule is C=CC(C)NC(=O)CNC(=O)C(C)(C)C. The van der Waals surface area contributed by atoms with Crippen molar-refractivity contribution in [2.75, 3.05) is 6.54 Å². The van der Waals surface area contributed by atoms with E-state index in [0.717, 1.165) is 0 Å². The minimum Gasteiger partial charge on any atom is -0.349 e. The highest BCUT2D eigenvalue weighted by molar-refractivity contribution is 5.87. The van der Waals surface area contributed by atoms with Crippen molar-refractivity contribution in [2.45, 2.75) is 33.7 Å². The van der Waals surface area contributed by atoms with Gasteiger partial charge in [-0.25, -0.2) is 0 Å². The van der Waals surface area contributed by atoms with Crippen molar-refractivity contribution in [3.8, 4) is 0 Å². The van der Waals surface area contributed by atoms with Gasteiger partial charge in [0.1, 0.15) is 0 Å². The minimum atomic E-state index is -0.468. The number of nitrogens with one attached hydrogen (secondary N) is 2. The molecule has 0 rings (SSSR count). The molecule has 0 aromatic heterocycles. The van der Waals surface area contributed by atoms with E-state index in [1.54, 1.807) is 26.8 Å². The fraction of sp³-hybridized carbons (Fsp3) is 0.636. The van der Waals surface area contributed by atoms with Crippen molar-refractivity contribution in [3.63, 3.8) is 0 Å². The summed E-state index contributed by atoms with van der Waals surface area (Å²) >= 11 is 0. The Morgan fingerprint density at radius 2 is 1.93 bits per heavy atom. The summed E-state index contributed by atoms with van der Waals surface area (Å²) in [6.45, 7) is 10.8. The first-order valence-corrected chi connectivity index (χ1v) is 4.97. The molecular formula is C11H20N2O2. The van der Waals surface area contributed by atoms with E-state index in [1.165, 1.54) is 0 Å². The van der Waals surface area contributed by atoms with Gasteiger partial charge in [-0.1, -0.05) is 26.8 Å².